The van der Waals surface area contributed by atoms with Gasteiger partial charge in [0, 0.05) is 48.7 Å². The number of nitriles is 1. The van der Waals surface area contributed by atoms with Crippen LogP contribution in [-0.4, -0.2) is 33.5 Å². The van der Waals surface area contributed by atoms with Crippen LogP contribution in [0.3, 0.4) is 0 Å². The van der Waals surface area contributed by atoms with Crippen LogP contribution in [0.1, 0.15) is 11.1 Å². The Hall–Kier alpha value is -3.49. The number of pyridine rings is 2. The first-order valence-corrected chi connectivity index (χ1v) is 9.12. The van der Waals surface area contributed by atoms with Gasteiger partial charge >= 0.3 is 0 Å². The lowest BCUT2D eigenvalue weighted by atomic mass is 9.97. The third-order valence-electron chi connectivity index (χ3n) is 4.84. The Bertz CT molecular complexity index is 1180. The molecule has 4 rings (SSSR count). The van der Waals surface area contributed by atoms with Crippen molar-refractivity contribution in [3.8, 4) is 28.5 Å². The van der Waals surface area contributed by atoms with Crippen molar-refractivity contribution in [2.24, 2.45) is 7.05 Å². The number of fused-ring (bicyclic) bond motifs is 1. The van der Waals surface area contributed by atoms with Crippen LogP contribution in [0.5, 0.6) is 0 Å². The smallest absolute Gasteiger partial charge is 0.142 e. The first kappa shape index (κ1) is 17.9. The maximum Gasteiger partial charge on any atom is 0.142 e. The normalized spacial score (nSPS) is 11.1. The molecule has 0 aliphatic carbocycles. The summed E-state index contributed by atoms with van der Waals surface area (Å²) in [5.74, 6) is 0. The van der Waals surface area contributed by atoms with E-state index in [9.17, 15) is 5.26 Å². The van der Waals surface area contributed by atoms with Crippen LogP contribution in [0.15, 0.2) is 61.1 Å². The highest BCUT2D eigenvalue weighted by molar-refractivity contribution is 6.05. The van der Waals surface area contributed by atoms with Crippen molar-refractivity contribution in [2.75, 3.05) is 14.1 Å². The molecule has 0 N–H and O–H groups in total. The van der Waals surface area contributed by atoms with Gasteiger partial charge in [-0.25, -0.2) is 4.98 Å². The topological polar surface area (TPSA) is 57.7 Å². The highest BCUT2D eigenvalue weighted by Gasteiger charge is 2.21. The SMILES string of the molecule is CN(C)Cc1cccc(-c2c(-c3cccnc3)c3c(C#N)ccnc3n2C)c1. The average molecular weight is 367 g/mol. The van der Waals surface area contributed by atoms with Gasteiger partial charge in [0.2, 0.25) is 0 Å². The molecule has 1 aromatic carbocycles. The molecule has 5 nitrogen and oxygen atoms in total. The maximum atomic E-state index is 9.71. The summed E-state index contributed by atoms with van der Waals surface area (Å²) < 4.78 is 2.08. The van der Waals surface area contributed by atoms with Crippen molar-refractivity contribution in [2.45, 2.75) is 6.54 Å². The molecule has 0 bridgehead atoms. The van der Waals surface area contributed by atoms with E-state index in [-0.39, 0.29) is 0 Å². The standard InChI is InChI=1S/C23H21N5/c1-27(2)15-16-6-4-7-17(12-16)22-20(19-8-5-10-25-14-19)21-18(13-24)9-11-26-23(21)28(22)3/h4-12,14H,15H2,1-3H3. The van der Waals surface area contributed by atoms with E-state index in [2.05, 4.69) is 63.9 Å². The molecule has 3 heterocycles. The summed E-state index contributed by atoms with van der Waals surface area (Å²) >= 11 is 0. The van der Waals surface area contributed by atoms with Crippen LogP contribution in [0.25, 0.3) is 33.4 Å². The number of aromatic nitrogens is 3. The Morgan fingerprint density at radius 2 is 1.89 bits per heavy atom. The minimum absolute atomic E-state index is 0.621. The van der Waals surface area contributed by atoms with Crippen LogP contribution in [0.4, 0.5) is 0 Å². The number of rotatable bonds is 4. The highest BCUT2D eigenvalue weighted by atomic mass is 15.0. The van der Waals surface area contributed by atoms with Crippen molar-refractivity contribution in [3.05, 3.63) is 72.2 Å². The quantitative estimate of drug-likeness (QED) is 0.541. The van der Waals surface area contributed by atoms with E-state index >= 15 is 0 Å². The molecule has 138 valence electrons. The first-order valence-electron chi connectivity index (χ1n) is 9.12. The van der Waals surface area contributed by atoms with E-state index in [1.165, 1.54) is 5.56 Å². The Kier molecular flexibility index (Phi) is 4.64. The summed E-state index contributed by atoms with van der Waals surface area (Å²) in [6, 6.07) is 16.6. The Balaban J connectivity index is 2.07. The minimum atomic E-state index is 0.621. The third kappa shape index (κ3) is 3.04. The van der Waals surface area contributed by atoms with Crippen molar-refractivity contribution in [1.29, 1.82) is 5.26 Å². The van der Waals surface area contributed by atoms with E-state index in [0.29, 0.717) is 5.56 Å². The molecule has 0 radical (unpaired) electrons. The molecule has 4 aromatic rings. The third-order valence-corrected chi connectivity index (χ3v) is 4.84. The van der Waals surface area contributed by atoms with E-state index in [1.807, 2.05) is 25.4 Å². The summed E-state index contributed by atoms with van der Waals surface area (Å²) in [4.78, 5) is 11.0. The highest BCUT2D eigenvalue weighted by Crippen LogP contribution is 2.40. The zero-order chi connectivity index (χ0) is 19.7. The lowest BCUT2D eigenvalue weighted by Gasteiger charge is -2.13. The molecule has 0 unspecified atom stereocenters. The van der Waals surface area contributed by atoms with Gasteiger partial charge < -0.3 is 9.47 Å². The van der Waals surface area contributed by atoms with Crippen LogP contribution in [0.2, 0.25) is 0 Å². The van der Waals surface area contributed by atoms with Gasteiger partial charge in [-0.3, -0.25) is 4.98 Å². The maximum absolute atomic E-state index is 9.71. The van der Waals surface area contributed by atoms with Crippen LogP contribution in [0, 0.1) is 11.3 Å². The zero-order valence-corrected chi connectivity index (χ0v) is 16.2. The Morgan fingerprint density at radius 1 is 1.07 bits per heavy atom. The van der Waals surface area contributed by atoms with Gasteiger partial charge in [-0.2, -0.15) is 5.26 Å². The van der Waals surface area contributed by atoms with Gasteiger partial charge in [0.25, 0.3) is 0 Å². The minimum Gasteiger partial charge on any atom is -0.328 e. The molecule has 0 aliphatic rings. The molecule has 0 amide bonds. The zero-order valence-electron chi connectivity index (χ0n) is 16.2. The molecule has 0 aliphatic heterocycles. The molecule has 5 heteroatoms. The van der Waals surface area contributed by atoms with Gasteiger partial charge in [0.1, 0.15) is 5.65 Å². The summed E-state index contributed by atoms with van der Waals surface area (Å²) in [7, 11) is 6.13. The Labute approximate surface area is 164 Å². The van der Waals surface area contributed by atoms with Gasteiger partial charge in [-0.1, -0.05) is 24.3 Å². The van der Waals surface area contributed by atoms with Gasteiger partial charge in [-0.15, -0.1) is 0 Å². The van der Waals surface area contributed by atoms with E-state index < -0.39 is 0 Å². The van der Waals surface area contributed by atoms with Gasteiger partial charge in [0.15, 0.2) is 0 Å². The van der Waals surface area contributed by atoms with Crippen LogP contribution >= 0.6 is 0 Å². The molecular formula is C23H21N5. The van der Waals surface area contributed by atoms with E-state index in [1.54, 1.807) is 18.5 Å². The van der Waals surface area contributed by atoms with Crippen molar-refractivity contribution in [1.82, 2.24) is 19.4 Å². The number of hydrogen-bond acceptors (Lipinski definition) is 4. The molecular weight excluding hydrogens is 346 g/mol. The molecule has 0 saturated heterocycles. The molecule has 0 spiro atoms. The Morgan fingerprint density at radius 3 is 2.61 bits per heavy atom. The lowest BCUT2D eigenvalue weighted by molar-refractivity contribution is 0.402. The first-order chi connectivity index (χ1) is 13.6. The number of nitrogens with zero attached hydrogens (tertiary/aromatic N) is 5. The summed E-state index contributed by atoms with van der Waals surface area (Å²) in [5.41, 5.74) is 6.77. The molecule has 3 aromatic heterocycles. The summed E-state index contributed by atoms with van der Waals surface area (Å²) in [5, 5.41) is 10.6. The monoisotopic (exact) mass is 367 g/mol. The second kappa shape index (κ2) is 7.26. The molecule has 28 heavy (non-hydrogen) atoms. The fraction of sp³-hybridized carbons (Fsp3) is 0.174. The van der Waals surface area contributed by atoms with E-state index in [4.69, 9.17) is 0 Å². The molecule has 0 saturated carbocycles. The van der Waals surface area contributed by atoms with Gasteiger partial charge in [-0.05, 0) is 43.4 Å². The number of benzene rings is 1. The van der Waals surface area contributed by atoms with Crippen molar-refractivity contribution in [3.63, 3.8) is 0 Å². The second-order valence-electron chi connectivity index (χ2n) is 7.13. The van der Waals surface area contributed by atoms with Crippen molar-refractivity contribution < 1.29 is 0 Å². The summed E-state index contributed by atoms with van der Waals surface area (Å²) in [6.07, 6.45) is 5.30. The largest absolute Gasteiger partial charge is 0.328 e. The van der Waals surface area contributed by atoms with E-state index in [0.717, 1.165) is 40.0 Å². The average Bonchev–Trinajstić information content (AvgIpc) is 3.01. The summed E-state index contributed by atoms with van der Waals surface area (Å²) in [6.45, 7) is 0.863. The predicted molar refractivity (Wildman–Crippen MR) is 111 cm³/mol. The second-order valence-corrected chi connectivity index (χ2v) is 7.13. The number of aryl methyl sites for hydroxylation is 1. The van der Waals surface area contributed by atoms with Crippen LogP contribution in [-0.2, 0) is 13.6 Å². The number of hydrogen-bond donors (Lipinski definition) is 0. The fourth-order valence-corrected chi connectivity index (χ4v) is 3.75. The fourth-order valence-electron chi connectivity index (χ4n) is 3.75. The molecule has 0 fully saturated rings. The van der Waals surface area contributed by atoms with Crippen LogP contribution < -0.4 is 0 Å². The lowest BCUT2D eigenvalue weighted by Crippen LogP contribution is -2.10. The molecule has 0 atom stereocenters. The van der Waals surface area contributed by atoms with Gasteiger partial charge in [0.05, 0.1) is 17.3 Å². The van der Waals surface area contributed by atoms with Crippen molar-refractivity contribution >= 4 is 11.0 Å². The predicted octanol–water partition coefficient (Wildman–Crippen LogP) is 4.24.